The van der Waals surface area contributed by atoms with Crippen LogP contribution in [0.15, 0.2) is 36.7 Å². The zero-order valence-corrected chi connectivity index (χ0v) is 15.6. The SMILES string of the molecule is CN(C)C(=O)c1cccc(-c2cnc(N)c3nc(C4CCCNC4)cn23)c1. The highest BCUT2D eigenvalue weighted by atomic mass is 16.2. The van der Waals surface area contributed by atoms with Crippen LogP contribution >= 0.6 is 0 Å². The normalized spacial score (nSPS) is 17.2. The molecule has 0 spiro atoms. The lowest BCUT2D eigenvalue weighted by molar-refractivity contribution is 0.0827. The minimum Gasteiger partial charge on any atom is -0.381 e. The smallest absolute Gasteiger partial charge is 0.253 e. The van der Waals surface area contributed by atoms with Crippen LogP contribution in [0.1, 0.15) is 34.8 Å². The summed E-state index contributed by atoms with van der Waals surface area (Å²) in [5.74, 6) is 0.762. The van der Waals surface area contributed by atoms with Crippen molar-refractivity contribution in [3.63, 3.8) is 0 Å². The fourth-order valence-corrected chi connectivity index (χ4v) is 3.60. The minimum atomic E-state index is -0.0314. The number of fused-ring (bicyclic) bond motifs is 1. The van der Waals surface area contributed by atoms with Crippen LogP contribution < -0.4 is 11.1 Å². The van der Waals surface area contributed by atoms with Crippen molar-refractivity contribution >= 4 is 17.4 Å². The van der Waals surface area contributed by atoms with Crippen LogP contribution in [-0.2, 0) is 0 Å². The van der Waals surface area contributed by atoms with Crippen molar-refractivity contribution in [3.05, 3.63) is 47.9 Å². The van der Waals surface area contributed by atoms with Gasteiger partial charge in [-0.15, -0.1) is 0 Å². The van der Waals surface area contributed by atoms with Crippen molar-refractivity contribution in [1.82, 2.24) is 24.6 Å². The molecule has 1 aliphatic rings. The fourth-order valence-electron chi connectivity index (χ4n) is 3.60. The van der Waals surface area contributed by atoms with Crippen molar-refractivity contribution in [2.75, 3.05) is 32.9 Å². The number of piperidine rings is 1. The first-order chi connectivity index (χ1) is 13.0. The van der Waals surface area contributed by atoms with E-state index in [-0.39, 0.29) is 5.91 Å². The van der Waals surface area contributed by atoms with Crippen molar-refractivity contribution in [2.45, 2.75) is 18.8 Å². The second-order valence-electron chi connectivity index (χ2n) is 7.21. The monoisotopic (exact) mass is 364 g/mol. The van der Waals surface area contributed by atoms with Gasteiger partial charge in [-0.3, -0.25) is 9.20 Å². The zero-order chi connectivity index (χ0) is 19.0. The summed E-state index contributed by atoms with van der Waals surface area (Å²) in [7, 11) is 3.50. The Bertz CT molecular complexity index is 987. The van der Waals surface area contributed by atoms with E-state index in [1.165, 1.54) is 0 Å². The number of nitrogens with one attached hydrogen (secondary N) is 1. The quantitative estimate of drug-likeness (QED) is 0.743. The summed E-state index contributed by atoms with van der Waals surface area (Å²) in [6, 6.07) is 7.57. The van der Waals surface area contributed by atoms with Crippen LogP contribution in [0.2, 0.25) is 0 Å². The van der Waals surface area contributed by atoms with E-state index in [2.05, 4.69) is 16.5 Å². The lowest BCUT2D eigenvalue weighted by Crippen LogP contribution is -2.28. The molecule has 1 aromatic carbocycles. The summed E-state index contributed by atoms with van der Waals surface area (Å²) in [5, 5.41) is 3.43. The van der Waals surface area contributed by atoms with Gasteiger partial charge in [0, 0.05) is 43.9 Å². The molecule has 1 atom stereocenters. The molecule has 1 amide bonds. The molecule has 1 aliphatic heterocycles. The molecule has 0 radical (unpaired) electrons. The van der Waals surface area contributed by atoms with Crippen LogP contribution in [0.5, 0.6) is 0 Å². The summed E-state index contributed by atoms with van der Waals surface area (Å²) < 4.78 is 1.99. The number of nitrogens with two attached hydrogens (primary N) is 1. The van der Waals surface area contributed by atoms with E-state index < -0.39 is 0 Å². The Morgan fingerprint density at radius 2 is 2.22 bits per heavy atom. The first-order valence-corrected chi connectivity index (χ1v) is 9.21. The molecule has 3 aromatic rings. The molecule has 7 nitrogen and oxygen atoms in total. The van der Waals surface area contributed by atoms with Gasteiger partial charge in [0.25, 0.3) is 5.91 Å². The maximum absolute atomic E-state index is 12.3. The third-order valence-corrected chi connectivity index (χ3v) is 5.07. The molecule has 1 fully saturated rings. The summed E-state index contributed by atoms with van der Waals surface area (Å²) in [6.07, 6.45) is 6.06. The number of hydrogen-bond acceptors (Lipinski definition) is 5. The van der Waals surface area contributed by atoms with Crippen molar-refractivity contribution in [3.8, 4) is 11.3 Å². The summed E-state index contributed by atoms with van der Waals surface area (Å²) in [4.78, 5) is 23.0. The predicted octanol–water partition coefficient (Wildman–Crippen LogP) is 2.15. The van der Waals surface area contributed by atoms with Gasteiger partial charge in [0.1, 0.15) is 0 Å². The molecule has 1 unspecified atom stereocenters. The van der Waals surface area contributed by atoms with Crippen LogP contribution in [-0.4, -0.2) is 52.4 Å². The van der Waals surface area contributed by atoms with Crippen LogP contribution in [0.3, 0.4) is 0 Å². The average molecular weight is 364 g/mol. The second kappa shape index (κ2) is 7.00. The topological polar surface area (TPSA) is 88.5 Å². The van der Waals surface area contributed by atoms with Gasteiger partial charge in [-0.1, -0.05) is 12.1 Å². The Morgan fingerprint density at radius 3 is 2.96 bits per heavy atom. The molecule has 1 saturated heterocycles. The lowest BCUT2D eigenvalue weighted by atomic mass is 9.97. The van der Waals surface area contributed by atoms with E-state index in [0.717, 1.165) is 42.9 Å². The van der Waals surface area contributed by atoms with Gasteiger partial charge in [-0.25, -0.2) is 9.97 Å². The van der Waals surface area contributed by atoms with Crippen LogP contribution in [0.25, 0.3) is 16.9 Å². The first-order valence-electron chi connectivity index (χ1n) is 9.21. The van der Waals surface area contributed by atoms with Crippen LogP contribution in [0, 0.1) is 0 Å². The number of nitrogen functional groups attached to an aromatic ring is 1. The van der Waals surface area contributed by atoms with Gasteiger partial charge in [-0.05, 0) is 31.5 Å². The van der Waals surface area contributed by atoms with Gasteiger partial charge >= 0.3 is 0 Å². The highest BCUT2D eigenvalue weighted by Gasteiger charge is 2.20. The Labute approximate surface area is 158 Å². The first kappa shape index (κ1) is 17.5. The molecule has 3 heterocycles. The number of carbonyl (C=O) groups excluding carboxylic acids is 1. The van der Waals surface area contributed by atoms with Crippen molar-refractivity contribution in [1.29, 1.82) is 0 Å². The molecule has 140 valence electrons. The van der Waals surface area contributed by atoms with E-state index in [0.29, 0.717) is 22.9 Å². The van der Waals surface area contributed by atoms with Gasteiger partial charge < -0.3 is 16.0 Å². The molecule has 0 bridgehead atoms. The van der Waals surface area contributed by atoms with Crippen LogP contribution in [0.4, 0.5) is 5.82 Å². The highest BCUT2D eigenvalue weighted by molar-refractivity contribution is 5.95. The van der Waals surface area contributed by atoms with E-state index in [1.54, 1.807) is 25.2 Å². The number of rotatable bonds is 3. The second-order valence-corrected chi connectivity index (χ2v) is 7.21. The maximum Gasteiger partial charge on any atom is 0.253 e. The Balaban J connectivity index is 1.80. The predicted molar refractivity (Wildman–Crippen MR) is 106 cm³/mol. The Hall–Kier alpha value is -2.93. The largest absolute Gasteiger partial charge is 0.381 e. The summed E-state index contributed by atoms with van der Waals surface area (Å²) in [6.45, 7) is 1.99. The van der Waals surface area contributed by atoms with Crippen molar-refractivity contribution < 1.29 is 4.79 Å². The third-order valence-electron chi connectivity index (χ3n) is 5.07. The average Bonchev–Trinajstić information content (AvgIpc) is 3.15. The Morgan fingerprint density at radius 1 is 1.37 bits per heavy atom. The number of hydrogen-bond donors (Lipinski definition) is 2. The number of amides is 1. The van der Waals surface area contributed by atoms with E-state index in [1.807, 2.05) is 28.7 Å². The molecule has 3 N–H and O–H groups in total. The summed E-state index contributed by atoms with van der Waals surface area (Å²) in [5.41, 5.74) is 10.2. The number of nitrogens with zero attached hydrogens (tertiary/aromatic N) is 4. The summed E-state index contributed by atoms with van der Waals surface area (Å²) >= 11 is 0. The molecular weight excluding hydrogens is 340 g/mol. The molecule has 2 aromatic heterocycles. The standard InChI is InChI=1S/C20H24N6O/c1-25(2)20(27)14-6-3-5-13(9-14)17-11-23-18(21)19-24-16(12-26(17)19)15-7-4-8-22-10-15/h3,5-6,9,11-12,15,22H,4,7-8,10H2,1-2H3,(H2,21,23). The zero-order valence-electron chi connectivity index (χ0n) is 15.6. The van der Waals surface area contributed by atoms with Gasteiger partial charge in [0.05, 0.1) is 17.6 Å². The number of imidazole rings is 1. The van der Waals surface area contributed by atoms with Gasteiger partial charge in [0.2, 0.25) is 0 Å². The molecule has 0 saturated carbocycles. The fraction of sp³-hybridized carbons (Fsp3) is 0.350. The number of carbonyl (C=O) groups is 1. The van der Waals surface area contributed by atoms with Gasteiger partial charge in [-0.2, -0.15) is 0 Å². The molecule has 0 aliphatic carbocycles. The highest BCUT2D eigenvalue weighted by Crippen LogP contribution is 2.28. The van der Waals surface area contributed by atoms with Crippen molar-refractivity contribution in [2.24, 2.45) is 0 Å². The number of anilines is 1. The Kier molecular flexibility index (Phi) is 4.53. The minimum absolute atomic E-state index is 0.0314. The molecular formula is C20H24N6O. The third kappa shape index (κ3) is 3.26. The van der Waals surface area contributed by atoms with E-state index in [4.69, 9.17) is 10.7 Å². The number of aromatic nitrogens is 3. The maximum atomic E-state index is 12.3. The molecule has 7 heteroatoms. The number of benzene rings is 1. The lowest BCUT2D eigenvalue weighted by Gasteiger charge is -2.20. The van der Waals surface area contributed by atoms with E-state index >= 15 is 0 Å². The molecule has 27 heavy (non-hydrogen) atoms. The van der Waals surface area contributed by atoms with E-state index in [9.17, 15) is 4.79 Å². The van der Waals surface area contributed by atoms with Gasteiger partial charge in [0.15, 0.2) is 11.5 Å². The molecule has 4 rings (SSSR count).